The molecule has 1 aromatic heterocycles. The average Bonchev–Trinajstić information content (AvgIpc) is 3.01. The van der Waals surface area contributed by atoms with Gasteiger partial charge in [-0.05, 0) is 45.0 Å². The predicted molar refractivity (Wildman–Crippen MR) is 68.9 cm³/mol. The van der Waals surface area contributed by atoms with E-state index < -0.39 is 6.04 Å². The lowest BCUT2D eigenvalue weighted by molar-refractivity contribution is -0.122. The minimum absolute atomic E-state index is 0.116. The molecule has 5 nitrogen and oxygen atoms in total. The molecule has 1 aliphatic rings. The molecule has 3 N–H and O–H groups in total. The molecule has 1 aliphatic heterocycles. The fourth-order valence-electron chi connectivity index (χ4n) is 2.30. The van der Waals surface area contributed by atoms with Crippen LogP contribution < -0.4 is 11.1 Å². The number of hydrogen-bond donors (Lipinski definition) is 2. The van der Waals surface area contributed by atoms with Crippen molar-refractivity contribution in [2.75, 3.05) is 19.6 Å². The molecule has 0 bridgehead atoms. The molecule has 0 radical (unpaired) electrons. The molecule has 2 atom stereocenters. The minimum Gasteiger partial charge on any atom is -0.468 e. The van der Waals surface area contributed by atoms with Crippen molar-refractivity contribution in [2.45, 2.75) is 31.8 Å². The summed E-state index contributed by atoms with van der Waals surface area (Å²) >= 11 is 0. The topological polar surface area (TPSA) is 71.5 Å². The Morgan fingerprint density at radius 3 is 2.83 bits per heavy atom. The van der Waals surface area contributed by atoms with E-state index in [2.05, 4.69) is 10.2 Å². The number of rotatable bonds is 5. The van der Waals surface area contributed by atoms with Crippen LogP contribution in [0.3, 0.4) is 0 Å². The zero-order valence-electron chi connectivity index (χ0n) is 10.8. The molecule has 5 heteroatoms. The molecule has 0 aliphatic carbocycles. The first kappa shape index (κ1) is 13.1. The van der Waals surface area contributed by atoms with Crippen LogP contribution in [0.15, 0.2) is 22.8 Å². The molecule has 1 amide bonds. The van der Waals surface area contributed by atoms with Gasteiger partial charge in [-0.3, -0.25) is 9.69 Å². The van der Waals surface area contributed by atoms with Gasteiger partial charge in [-0.2, -0.15) is 0 Å². The van der Waals surface area contributed by atoms with Crippen LogP contribution in [0.1, 0.15) is 31.6 Å². The van der Waals surface area contributed by atoms with Crippen LogP contribution in [0.5, 0.6) is 0 Å². The van der Waals surface area contributed by atoms with Gasteiger partial charge in [0.05, 0.1) is 18.3 Å². The largest absolute Gasteiger partial charge is 0.468 e. The highest BCUT2D eigenvalue weighted by Crippen LogP contribution is 2.24. The van der Waals surface area contributed by atoms with Crippen molar-refractivity contribution in [3.8, 4) is 0 Å². The van der Waals surface area contributed by atoms with Crippen molar-refractivity contribution < 1.29 is 9.21 Å². The van der Waals surface area contributed by atoms with Gasteiger partial charge in [0, 0.05) is 6.54 Å². The first-order valence-corrected chi connectivity index (χ1v) is 6.49. The van der Waals surface area contributed by atoms with Gasteiger partial charge in [-0.25, -0.2) is 0 Å². The first-order valence-electron chi connectivity index (χ1n) is 6.49. The highest BCUT2D eigenvalue weighted by atomic mass is 16.3. The van der Waals surface area contributed by atoms with Gasteiger partial charge in [-0.1, -0.05) is 0 Å². The van der Waals surface area contributed by atoms with E-state index in [0.717, 1.165) is 18.8 Å². The Morgan fingerprint density at radius 2 is 2.28 bits per heavy atom. The van der Waals surface area contributed by atoms with Crippen LogP contribution in [0.25, 0.3) is 0 Å². The van der Waals surface area contributed by atoms with Crippen LogP contribution in [0.4, 0.5) is 0 Å². The van der Waals surface area contributed by atoms with Gasteiger partial charge < -0.3 is 15.5 Å². The van der Waals surface area contributed by atoms with Crippen molar-refractivity contribution in [3.63, 3.8) is 0 Å². The SMILES string of the molecule is C[C@H](N)C(=O)NCC(c1ccco1)N1CCCC1. The average molecular weight is 251 g/mol. The number of furan rings is 1. The minimum atomic E-state index is -0.471. The highest BCUT2D eigenvalue weighted by molar-refractivity contribution is 5.80. The molecular formula is C13H21N3O2. The van der Waals surface area contributed by atoms with Crippen LogP contribution in [-0.2, 0) is 4.79 Å². The maximum atomic E-state index is 11.5. The number of amides is 1. The number of nitrogens with zero attached hydrogens (tertiary/aromatic N) is 1. The lowest BCUT2D eigenvalue weighted by Crippen LogP contribution is -2.43. The van der Waals surface area contributed by atoms with Gasteiger partial charge in [-0.15, -0.1) is 0 Å². The van der Waals surface area contributed by atoms with Crippen molar-refractivity contribution in [2.24, 2.45) is 5.73 Å². The monoisotopic (exact) mass is 251 g/mol. The maximum Gasteiger partial charge on any atom is 0.236 e. The maximum absolute atomic E-state index is 11.5. The second kappa shape index (κ2) is 6.02. The van der Waals surface area contributed by atoms with Gasteiger partial charge in [0.2, 0.25) is 5.91 Å². The van der Waals surface area contributed by atoms with Crippen LogP contribution >= 0.6 is 0 Å². The lowest BCUT2D eigenvalue weighted by Gasteiger charge is -2.26. The quantitative estimate of drug-likeness (QED) is 0.815. The molecule has 0 aromatic carbocycles. The van der Waals surface area contributed by atoms with Crippen molar-refractivity contribution in [1.82, 2.24) is 10.2 Å². The standard InChI is InChI=1S/C13H21N3O2/c1-10(14)13(17)15-9-11(12-5-4-8-18-12)16-6-2-3-7-16/h4-5,8,10-11H,2-3,6-7,9,14H2,1H3,(H,15,17)/t10-,11?/m0/s1. The third-order valence-corrected chi connectivity index (χ3v) is 3.34. The highest BCUT2D eigenvalue weighted by Gasteiger charge is 2.26. The van der Waals surface area contributed by atoms with E-state index in [1.807, 2.05) is 12.1 Å². The Labute approximate surface area is 107 Å². The molecule has 0 spiro atoms. The number of carbonyl (C=O) groups excluding carboxylic acids is 1. The molecule has 100 valence electrons. The van der Waals surface area contributed by atoms with Crippen LogP contribution in [0.2, 0.25) is 0 Å². The lowest BCUT2D eigenvalue weighted by atomic mass is 10.2. The Hall–Kier alpha value is -1.33. The van der Waals surface area contributed by atoms with E-state index in [4.69, 9.17) is 10.2 Å². The number of likely N-dealkylation sites (tertiary alicyclic amines) is 1. The van der Waals surface area contributed by atoms with Crippen molar-refractivity contribution in [3.05, 3.63) is 24.2 Å². The van der Waals surface area contributed by atoms with Gasteiger partial charge in [0.15, 0.2) is 0 Å². The van der Waals surface area contributed by atoms with Crippen LogP contribution in [-0.4, -0.2) is 36.5 Å². The van der Waals surface area contributed by atoms with E-state index >= 15 is 0 Å². The zero-order chi connectivity index (χ0) is 13.0. The van der Waals surface area contributed by atoms with Gasteiger partial charge >= 0.3 is 0 Å². The normalized spacial score (nSPS) is 19.7. The Morgan fingerprint density at radius 1 is 1.56 bits per heavy atom. The zero-order valence-corrected chi connectivity index (χ0v) is 10.8. The van der Waals surface area contributed by atoms with Gasteiger partial charge in [0.1, 0.15) is 5.76 Å². The van der Waals surface area contributed by atoms with E-state index in [0.29, 0.717) is 6.54 Å². The first-order chi connectivity index (χ1) is 8.68. The summed E-state index contributed by atoms with van der Waals surface area (Å²) in [5, 5.41) is 2.88. The summed E-state index contributed by atoms with van der Waals surface area (Å²) in [5.74, 6) is 0.785. The Kier molecular flexibility index (Phi) is 4.38. The third kappa shape index (κ3) is 3.11. The van der Waals surface area contributed by atoms with E-state index in [1.165, 1.54) is 12.8 Å². The molecule has 18 heavy (non-hydrogen) atoms. The predicted octanol–water partition coefficient (Wildman–Crippen LogP) is 0.880. The van der Waals surface area contributed by atoms with E-state index in [9.17, 15) is 4.79 Å². The van der Waals surface area contributed by atoms with Crippen LogP contribution in [0, 0.1) is 0 Å². The summed E-state index contributed by atoms with van der Waals surface area (Å²) in [6.07, 6.45) is 4.09. The fraction of sp³-hybridized carbons (Fsp3) is 0.615. The van der Waals surface area contributed by atoms with Crippen molar-refractivity contribution >= 4 is 5.91 Å². The molecular weight excluding hydrogens is 230 g/mol. The number of nitrogens with two attached hydrogens (primary N) is 1. The summed E-state index contributed by atoms with van der Waals surface area (Å²) in [6, 6.07) is 3.48. The molecule has 1 unspecified atom stereocenters. The second-order valence-electron chi connectivity index (χ2n) is 4.81. The molecule has 1 saturated heterocycles. The van der Waals surface area contributed by atoms with E-state index in [-0.39, 0.29) is 11.9 Å². The number of nitrogens with one attached hydrogen (secondary N) is 1. The number of carbonyl (C=O) groups is 1. The molecule has 2 heterocycles. The summed E-state index contributed by atoms with van der Waals surface area (Å²) in [4.78, 5) is 13.9. The smallest absolute Gasteiger partial charge is 0.236 e. The second-order valence-corrected chi connectivity index (χ2v) is 4.81. The summed E-state index contributed by atoms with van der Waals surface area (Å²) in [5.41, 5.74) is 5.55. The fourth-order valence-corrected chi connectivity index (χ4v) is 2.30. The Bertz CT molecular complexity index is 370. The van der Waals surface area contributed by atoms with Crippen molar-refractivity contribution in [1.29, 1.82) is 0 Å². The molecule has 1 aromatic rings. The molecule has 1 fully saturated rings. The Balaban J connectivity index is 1.99. The third-order valence-electron chi connectivity index (χ3n) is 3.34. The van der Waals surface area contributed by atoms with Gasteiger partial charge in [0.25, 0.3) is 0 Å². The molecule has 2 rings (SSSR count). The number of hydrogen-bond acceptors (Lipinski definition) is 4. The summed E-state index contributed by atoms with van der Waals surface area (Å²) in [6.45, 7) is 4.35. The summed E-state index contributed by atoms with van der Waals surface area (Å²) in [7, 11) is 0. The van der Waals surface area contributed by atoms with E-state index in [1.54, 1.807) is 13.2 Å². The summed E-state index contributed by atoms with van der Waals surface area (Å²) < 4.78 is 5.48. The molecule has 0 saturated carbocycles.